The summed E-state index contributed by atoms with van der Waals surface area (Å²) in [6.45, 7) is 0.589. The second kappa shape index (κ2) is 2.44. The molecular weight excluding hydrogens is 105 g/mol. The van der Waals surface area contributed by atoms with E-state index >= 15 is 0 Å². The third kappa shape index (κ3) is 1.19. The highest BCUT2D eigenvalue weighted by molar-refractivity contribution is 4.86. The van der Waals surface area contributed by atoms with Gasteiger partial charge in [0, 0.05) is 0 Å². The standard InChI is InChI=1S/C6H12FN/c7-2-1-5-3-6(5)4-8/h5-6H,1-4,8H2. The maximum atomic E-state index is 11.6. The quantitative estimate of drug-likeness (QED) is 0.585. The van der Waals surface area contributed by atoms with Crippen molar-refractivity contribution in [2.45, 2.75) is 12.8 Å². The Morgan fingerprint density at radius 3 is 2.62 bits per heavy atom. The van der Waals surface area contributed by atoms with Crippen LogP contribution in [0.5, 0.6) is 0 Å². The fourth-order valence-electron chi connectivity index (χ4n) is 1.09. The molecule has 0 saturated heterocycles. The van der Waals surface area contributed by atoms with Crippen LogP contribution in [0, 0.1) is 11.8 Å². The fourth-order valence-corrected chi connectivity index (χ4v) is 1.09. The van der Waals surface area contributed by atoms with Gasteiger partial charge in [0.1, 0.15) is 0 Å². The summed E-state index contributed by atoms with van der Waals surface area (Å²) in [6.07, 6.45) is 1.91. The van der Waals surface area contributed by atoms with Gasteiger partial charge in [0.15, 0.2) is 0 Å². The summed E-state index contributed by atoms with van der Waals surface area (Å²) in [6, 6.07) is 0. The fraction of sp³-hybridized carbons (Fsp3) is 1.00. The molecule has 1 saturated carbocycles. The lowest BCUT2D eigenvalue weighted by Gasteiger charge is -1.88. The molecule has 2 unspecified atom stereocenters. The van der Waals surface area contributed by atoms with E-state index in [1.807, 2.05) is 0 Å². The van der Waals surface area contributed by atoms with Gasteiger partial charge in [0.05, 0.1) is 6.67 Å². The predicted molar refractivity (Wildman–Crippen MR) is 31.2 cm³/mol. The Hall–Kier alpha value is -0.110. The van der Waals surface area contributed by atoms with Crippen molar-refractivity contribution in [3.05, 3.63) is 0 Å². The predicted octanol–water partition coefficient (Wildman–Crippen LogP) is 0.941. The van der Waals surface area contributed by atoms with Crippen molar-refractivity contribution in [1.29, 1.82) is 0 Å². The summed E-state index contributed by atoms with van der Waals surface area (Å²) in [5.41, 5.74) is 5.33. The van der Waals surface area contributed by atoms with E-state index in [4.69, 9.17) is 5.73 Å². The first-order chi connectivity index (χ1) is 3.88. The third-order valence-electron chi connectivity index (χ3n) is 1.85. The Labute approximate surface area is 49.1 Å². The largest absolute Gasteiger partial charge is 0.330 e. The van der Waals surface area contributed by atoms with Crippen LogP contribution in [-0.4, -0.2) is 13.2 Å². The zero-order valence-electron chi connectivity index (χ0n) is 4.94. The molecule has 1 fully saturated rings. The van der Waals surface area contributed by atoms with Crippen LogP contribution in [0.4, 0.5) is 4.39 Å². The average molecular weight is 117 g/mol. The van der Waals surface area contributed by atoms with E-state index in [1.54, 1.807) is 0 Å². The maximum Gasteiger partial charge on any atom is 0.0897 e. The zero-order valence-corrected chi connectivity index (χ0v) is 4.94. The van der Waals surface area contributed by atoms with Crippen LogP contribution in [0.1, 0.15) is 12.8 Å². The van der Waals surface area contributed by atoms with Crippen molar-refractivity contribution < 1.29 is 4.39 Å². The molecule has 1 nitrogen and oxygen atoms in total. The molecular formula is C6H12FN. The zero-order chi connectivity index (χ0) is 5.98. The molecule has 48 valence electrons. The highest BCUT2D eigenvalue weighted by atomic mass is 19.1. The third-order valence-corrected chi connectivity index (χ3v) is 1.85. The second-order valence-electron chi connectivity index (χ2n) is 2.47. The van der Waals surface area contributed by atoms with Crippen molar-refractivity contribution in [2.75, 3.05) is 13.2 Å². The maximum absolute atomic E-state index is 11.6. The van der Waals surface area contributed by atoms with Crippen molar-refractivity contribution in [3.63, 3.8) is 0 Å². The Balaban J connectivity index is 1.99. The van der Waals surface area contributed by atoms with Gasteiger partial charge in [-0.3, -0.25) is 4.39 Å². The molecule has 2 heteroatoms. The topological polar surface area (TPSA) is 26.0 Å². The summed E-state index contributed by atoms with van der Waals surface area (Å²) < 4.78 is 11.6. The lowest BCUT2D eigenvalue weighted by atomic mass is 10.2. The molecule has 0 aliphatic heterocycles. The van der Waals surface area contributed by atoms with E-state index in [0.717, 1.165) is 13.0 Å². The summed E-state index contributed by atoms with van der Waals surface area (Å²) in [4.78, 5) is 0. The molecule has 1 aliphatic rings. The number of alkyl halides is 1. The average Bonchev–Trinajstić information content (AvgIpc) is 2.48. The Morgan fingerprint density at radius 2 is 2.25 bits per heavy atom. The minimum atomic E-state index is -0.166. The molecule has 1 aliphatic carbocycles. The molecule has 0 amide bonds. The lowest BCUT2D eigenvalue weighted by Crippen LogP contribution is -2.02. The normalized spacial score (nSPS) is 35.2. The lowest BCUT2D eigenvalue weighted by molar-refractivity contribution is 0.444. The SMILES string of the molecule is NCC1CC1CCF. The molecule has 0 aromatic rings. The summed E-state index contributed by atoms with van der Waals surface area (Å²) in [7, 11) is 0. The summed E-state index contributed by atoms with van der Waals surface area (Å²) >= 11 is 0. The van der Waals surface area contributed by atoms with Crippen LogP contribution < -0.4 is 5.73 Å². The highest BCUT2D eigenvalue weighted by Crippen LogP contribution is 2.39. The van der Waals surface area contributed by atoms with E-state index < -0.39 is 0 Å². The number of rotatable bonds is 3. The van der Waals surface area contributed by atoms with Crippen LogP contribution in [0.25, 0.3) is 0 Å². The molecule has 1 rings (SSSR count). The molecule has 8 heavy (non-hydrogen) atoms. The van der Waals surface area contributed by atoms with Crippen LogP contribution >= 0.6 is 0 Å². The van der Waals surface area contributed by atoms with Gasteiger partial charge in [0.2, 0.25) is 0 Å². The van der Waals surface area contributed by atoms with E-state index in [9.17, 15) is 4.39 Å². The van der Waals surface area contributed by atoms with Crippen molar-refractivity contribution in [3.8, 4) is 0 Å². The van der Waals surface area contributed by atoms with Gasteiger partial charge in [-0.25, -0.2) is 0 Å². The first kappa shape index (κ1) is 6.02. The monoisotopic (exact) mass is 117 g/mol. The van der Waals surface area contributed by atoms with Gasteiger partial charge in [0.25, 0.3) is 0 Å². The van der Waals surface area contributed by atoms with Crippen molar-refractivity contribution in [2.24, 2.45) is 17.6 Å². The smallest absolute Gasteiger partial charge is 0.0897 e. The van der Waals surface area contributed by atoms with Crippen molar-refractivity contribution in [1.82, 2.24) is 0 Å². The molecule has 0 bridgehead atoms. The van der Waals surface area contributed by atoms with Gasteiger partial charge in [-0.1, -0.05) is 0 Å². The number of nitrogens with two attached hydrogens (primary N) is 1. The number of halogens is 1. The number of hydrogen-bond acceptors (Lipinski definition) is 1. The highest BCUT2D eigenvalue weighted by Gasteiger charge is 2.34. The van der Waals surface area contributed by atoms with Crippen molar-refractivity contribution >= 4 is 0 Å². The van der Waals surface area contributed by atoms with Crippen LogP contribution in [0.3, 0.4) is 0 Å². The molecule has 2 N–H and O–H groups in total. The Kier molecular flexibility index (Phi) is 1.84. The first-order valence-electron chi connectivity index (χ1n) is 3.14. The molecule has 0 radical (unpaired) electrons. The van der Waals surface area contributed by atoms with Gasteiger partial charge in [-0.05, 0) is 31.2 Å². The van der Waals surface area contributed by atoms with Gasteiger partial charge in [-0.2, -0.15) is 0 Å². The van der Waals surface area contributed by atoms with E-state index in [1.165, 1.54) is 6.42 Å². The molecule has 2 atom stereocenters. The molecule has 0 heterocycles. The van der Waals surface area contributed by atoms with Gasteiger partial charge < -0.3 is 5.73 Å². The van der Waals surface area contributed by atoms with Crippen LogP contribution in [-0.2, 0) is 0 Å². The van der Waals surface area contributed by atoms with Gasteiger partial charge in [-0.15, -0.1) is 0 Å². The van der Waals surface area contributed by atoms with Crippen LogP contribution in [0.15, 0.2) is 0 Å². The summed E-state index contributed by atoms with van der Waals surface area (Å²) in [5, 5.41) is 0. The van der Waals surface area contributed by atoms with E-state index in [-0.39, 0.29) is 6.67 Å². The Morgan fingerprint density at radius 1 is 1.50 bits per heavy atom. The van der Waals surface area contributed by atoms with E-state index in [2.05, 4.69) is 0 Å². The van der Waals surface area contributed by atoms with Gasteiger partial charge >= 0.3 is 0 Å². The van der Waals surface area contributed by atoms with E-state index in [0.29, 0.717) is 11.8 Å². The first-order valence-corrected chi connectivity index (χ1v) is 3.14. The number of hydrogen-bond donors (Lipinski definition) is 1. The molecule has 0 spiro atoms. The Bertz CT molecular complexity index is 74.9. The van der Waals surface area contributed by atoms with Crippen LogP contribution in [0.2, 0.25) is 0 Å². The molecule has 0 aromatic heterocycles. The minimum Gasteiger partial charge on any atom is -0.330 e. The molecule has 0 aromatic carbocycles. The second-order valence-corrected chi connectivity index (χ2v) is 2.47. The summed E-state index contributed by atoms with van der Waals surface area (Å²) in [5.74, 6) is 1.29. The minimum absolute atomic E-state index is 0.166.